The second-order valence-corrected chi connectivity index (χ2v) is 7.78. The number of hydrogen-bond donors (Lipinski definition) is 1. The Kier molecular flexibility index (Phi) is 6.74. The van der Waals surface area contributed by atoms with Gasteiger partial charge in [0.2, 0.25) is 5.75 Å². The maximum atomic E-state index is 5.45. The minimum absolute atomic E-state index is 0.609. The lowest BCUT2D eigenvalue weighted by atomic mass is 9.89. The molecule has 1 aromatic heterocycles. The molecule has 0 unspecified atom stereocenters. The van der Waals surface area contributed by atoms with Gasteiger partial charge in [0.1, 0.15) is 5.01 Å². The van der Waals surface area contributed by atoms with Crippen LogP contribution in [-0.4, -0.2) is 32.9 Å². The Hall–Kier alpha value is -1.79. The lowest BCUT2D eigenvalue weighted by Crippen LogP contribution is -2.24. The van der Waals surface area contributed by atoms with Crippen LogP contribution in [0.4, 0.5) is 0 Å². The first-order valence-electron chi connectivity index (χ1n) is 9.21. The molecule has 142 valence electrons. The number of ether oxygens (including phenoxy) is 3. The molecule has 0 bridgehead atoms. The maximum absolute atomic E-state index is 5.45. The summed E-state index contributed by atoms with van der Waals surface area (Å²) in [7, 11) is 4.88. The summed E-state index contributed by atoms with van der Waals surface area (Å²) in [5.74, 6) is 2.76. The third-order valence-electron chi connectivity index (χ3n) is 4.94. The molecule has 0 amide bonds. The molecule has 26 heavy (non-hydrogen) atoms. The van der Waals surface area contributed by atoms with E-state index in [4.69, 9.17) is 14.2 Å². The lowest BCUT2D eigenvalue weighted by molar-refractivity contribution is 0.324. The molecule has 1 heterocycles. The summed E-state index contributed by atoms with van der Waals surface area (Å²) < 4.78 is 16.3. The van der Waals surface area contributed by atoms with Crippen molar-refractivity contribution in [2.24, 2.45) is 5.92 Å². The van der Waals surface area contributed by atoms with Crippen molar-refractivity contribution in [2.45, 2.75) is 38.6 Å². The van der Waals surface area contributed by atoms with Crippen molar-refractivity contribution >= 4 is 11.3 Å². The van der Waals surface area contributed by atoms with Crippen LogP contribution in [0.15, 0.2) is 18.3 Å². The van der Waals surface area contributed by atoms with E-state index in [1.165, 1.54) is 32.1 Å². The zero-order chi connectivity index (χ0) is 18.4. The van der Waals surface area contributed by atoms with E-state index in [1.807, 2.05) is 18.3 Å². The van der Waals surface area contributed by atoms with Crippen LogP contribution in [0.2, 0.25) is 0 Å². The standard InChI is InChI=1S/C20H28N2O3S/c1-23-16-9-15(10-17(24-2)20(16)25-3)18-12-22-19(26-18)13-21-11-14-7-5-4-6-8-14/h9-10,12,14,21H,4-8,11,13H2,1-3H3. The summed E-state index contributed by atoms with van der Waals surface area (Å²) in [4.78, 5) is 5.67. The third-order valence-corrected chi connectivity index (χ3v) is 5.98. The van der Waals surface area contributed by atoms with Crippen molar-refractivity contribution < 1.29 is 14.2 Å². The Balaban J connectivity index is 1.67. The molecule has 1 saturated carbocycles. The quantitative estimate of drug-likeness (QED) is 0.735. The highest BCUT2D eigenvalue weighted by atomic mass is 32.1. The number of benzene rings is 1. The SMILES string of the molecule is COc1cc(-c2cnc(CNCC3CCCCC3)s2)cc(OC)c1OC. The molecule has 2 aromatic rings. The number of nitrogens with one attached hydrogen (secondary N) is 1. The predicted molar refractivity (Wildman–Crippen MR) is 105 cm³/mol. The first kappa shape index (κ1) is 19.0. The second kappa shape index (κ2) is 9.24. The number of aromatic nitrogens is 1. The van der Waals surface area contributed by atoms with Crippen LogP contribution in [0, 0.1) is 5.92 Å². The normalized spacial score (nSPS) is 15.0. The topological polar surface area (TPSA) is 52.6 Å². The van der Waals surface area contributed by atoms with E-state index in [9.17, 15) is 0 Å². The number of nitrogens with zero attached hydrogens (tertiary/aromatic N) is 1. The molecule has 0 atom stereocenters. The van der Waals surface area contributed by atoms with Crippen LogP contribution >= 0.6 is 11.3 Å². The highest BCUT2D eigenvalue weighted by molar-refractivity contribution is 7.15. The molecular weight excluding hydrogens is 348 g/mol. The summed E-state index contributed by atoms with van der Waals surface area (Å²) in [6, 6.07) is 3.93. The molecule has 1 aromatic carbocycles. The zero-order valence-corrected chi connectivity index (χ0v) is 16.7. The van der Waals surface area contributed by atoms with E-state index in [-0.39, 0.29) is 0 Å². The highest BCUT2D eigenvalue weighted by Gasteiger charge is 2.16. The fraction of sp³-hybridized carbons (Fsp3) is 0.550. The smallest absolute Gasteiger partial charge is 0.203 e. The first-order chi connectivity index (χ1) is 12.7. The Labute approximate surface area is 159 Å². The van der Waals surface area contributed by atoms with Gasteiger partial charge >= 0.3 is 0 Å². The van der Waals surface area contributed by atoms with Crippen molar-refractivity contribution in [1.82, 2.24) is 10.3 Å². The molecule has 5 nitrogen and oxygen atoms in total. The van der Waals surface area contributed by atoms with Crippen molar-refractivity contribution in [1.29, 1.82) is 0 Å². The average molecular weight is 377 g/mol. The first-order valence-corrected chi connectivity index (χ1v) is 10.0. The zero-order valence-electron chi connectivity index (χ0n) is 15.8. The molecule has 0 saturated heterocycles. The minimum Gasteiger partial charge on any atom is -0.493 e. The van der Waals surface area contributed by atoms with Gasteiger partial charge in [0, 0.05) is 18.3 Å². The number of rotatable bonds is 8. The van der Waals surface area contributed by atoms with Gasteiger partial charge < -0.3 is 19.5 Å². The van der Waals surface area contributed by atoms with Crippen LogP contribution in [0.1, 0.15) is 37.1 Å². The highest BCUT2D eigenvalue weighted by Crippen LogP contribution is 2.42. The van der Waals surface area contributed by atoms with E-state index < -0.39 is 0 Å². The monoisotopic (exact) mass is 376 g/mol. The van der Waals surface area contributed by atoms with Gasteiger partial charge in [0.05, 0.1) is 26.2 Å². The van der Waals surface area contributed by atoms with Gasteiger partial charge in [-0.05, 0) is 37.4 Å². The van der Waals surface area contributed by atoms with Gasteiger partial charge in [-0.3, -0.25) is 0 Å². The van der Waals surface area contributed by atoms with E-state index >= 15 is 0 Å². The molecule has 1 aliphatic rings. The molecule has 0 aliphatic heterocycles. The fourth-order valence-electron chi connectivity index (χ4n) is 3.52. The van der Waals surface area contributed by atoms with E-state index in [0.29, 0.717) is 17.2 Å². The van der Waals surface area contributed by atoms with Crippen LogP contribution in [0.3, 0.4) is 0 Å². The van der Waals surface area contributed by atoms with Gasteiger partial charge in [0.25, 0.3) is 0 Å². The Morgan fingerprint density at radius 1 is 1.04 bits per heavy atom. The second-order valence-electron chi connectivity index (χ2n) is 6.67. The molecule has 3 rings (SSSR count). The van der Waals surface area contributed by atoms with Crippen molar-refractivity contribution in [3.63, 3.8) is 0 Å². The summed E-state index contributed by atoms with van der Waals surface area (Å²) >= 11 is 1.70. The van der Waals surface area contributed by atoms with Crippen LogP contribution in [0.25, 0.3) is 10.4 Å². The molecule has 1 fully saturated rings. The van der Waals surface area contributed by atoms with Crippen molar-refractivity contribution in [3.8, 4) is 27.7 Å². The average Bonchev–Trinajstić information content (AvgIpc) is 3.16. The lowest BCUT2D eigenvalue weighted by Gasteiger charge is -2.21. The third kappa shape index (κ3) is 4.48. The summed E-state index contributed by atoms with van der Waals surface area (Å²) in [5, 5.41) is 4.68. The Morgan fingerprint density at radius 2 is 1.73 bits per heavy atom. The van der Waals surface area contributed by atoms with Crippen LogP contribution in [-0.2, 0) is 6.54 Å². The summed E-state index contributed by atoms with van der Waals surface area (Å²) in [6.07, 6.45) is 8.82. The molecular formula is C20H28N2O3S. The molecule has 1 N–H and O–H groups in total. The predicted octanol–water partition coefficient (Wildman–Crippen LogP) is 4.51. The Morgan fingerprint density at radius 3 is 2.35 bits per heavy atom. The number of hydrogen-bond acceptors (Lipinski definition) is 6. The fourth-order valence-corrected chi connectivity index (χ4v) is 4.40. The Bertz CT molecular complexity index is 686. The van der Waals surface area contributed by atoms with Gasteiger partial charge in [-0.2, -0.15) is 0 Å². The summed E-state index contributed by atoms with van der Waals surface area (Å²) in [5.41, 5.74) is 1.02. The molecule has 6 heteroatoms. The molecule has 0 spiro atoms. The van der Waals surface area contributed by atoms with Crippen molar-refractivity contribution in [3.05, 3.63) is 23.3 Å². The van der Waals surface area contributed by atoms with Crippen molar-refractivity contribution in [2.75, 3.05) is 27.9 Å². The maximum Gasteiger partial charge on any atom is 0.203 e. The van der Waals surface area contributed by atoms with E-state index in [2.05, 4.69) is 10.3 Å². The van der Waals surface area contributed by atoms with E-state index in [0.717, 1.165) is 34.5 Å². The van der Waals surface area contributed by atoms with Gasteiger partial charge in [0.15, 0.2) is 11.5 Å². The van der Waals surface area contributed by atoms with Crippen LogP contribution < -0.4 is 19.5 Å². The summed E-state index contributed by atoms with van der Waals surface area (Å²) in [6.45, 7) is 1.92. The molecule has 0 radical (unpaired) electrons. The van der Waals surface area contributed by atoms with Gasteiger partial charge in [-0.25, -0.2) is 4.98 Å². The number of thiazole rings is 1. The van der Waals surface area contributed by atoms with E-state index in [1.54, 1.807) is 32.7 Å². The largest absolute Gasteiger partial charge is 0.493 e. The number of methoxy groups -OCH3 is 3. The van der Waals surface area contributed by atoms with Crippen LogP contribution in [0.5, 0.6) is 17.2 Å². The molecule has 1 aliphatic carbocycles. The van der Waals surface area contributed by atoms with Gasteiger partial charge in [-0.1, -0.05) is 19.3 Å². The minimum atomic E-state index is 0.609. The van der Waals surface area contributed by atoms with Gasteiger partial charge in [-0.15, -0.1) is 11.3 Å².